The summed E-state index contributed by atoms with van der Waals surface area (Å²) in [4.78, 5) is 8.62. The van der Waals surface area contributed by atoms with E-state index in [4.69, 9.17) is 23.2 Å². The average molecular weight is 364 g/mol. The number of rotatable bonds is 2. The minimum Gasteiger partial charge on any atom is -0.231 e. The first-order valence-electron chi connectivity index (χ1n) is 5.58. The van der Waals surface area contributed by atoms with Crippen molar-refractivity contribution in [2.45, 2.75) is 19.8 Å². The molecule has 1 heterocycles. The van der Waals surface area contributed by atoms with E-state index in [0.29, 0.717) is 21.0 Å². The Labute approximate surface area is 129 Å². The van der Waals surface area contributed by atoms with Crippen LogP contribution in [0.1, 0.15) is 25.5 Å². The molecule has 0 bridgehead atoms. The van der Waals surface area contributed by atoms with Gasteiger partial charge < -0.3 is 0 Å². The molecule has 0 spiro atoms. The maximum Gasteiger partial charge on any atom is 0.162 e. The van der Waals surface area contributed by atoms with Gasteiger partial charge in [0.25, 0.3) is 0 Å². The average Bonchev–Trinajstić information content (AvgIpc) is 2.32. The van der Waals surface area contributed by atoms with Gasteiger partial charge in [0.15, 0.2) is 5.82 Å². The molecule has 6 heteroatoms. The zero-order chi connectivity index (χ0) is 14.2. The fourth-order valence-corrected chi connectivity index (χ4v) is 2.67. The van der Waals surface area contributed by atoms with E-state index < -0.39 is 5.82 Å². The molecule has 2 rings (SSSR count). The van der Waals surface area contributed by atoms with Crippen molar-refractivity contribution in [1.29, 1.82) is 0 Å². The van der Waals surface area contributed by atoms with E-state index in [0.717, 1.165) is 5.69 Å². The van der Waals surface area contributed by atoms with Gasteiger partial charge in [-0.05, 0) is 40.0 Å². The van der Waals surface area contributed by atoms with Crippen LogP contribution in [0.2, 0.25) is 10.2 Å². The van der Waals surface area contributed by atoms with Crippen molar-refractivity contribution in [3.8, 4) is 11.4 Å². The summed E-state index contributed by atoms with van der Waals surface area (Å²) >= 11 is 15.5. The zero-order valence-corrected chi connectivity index (χ0v) is 13.3. The second-order valence-corrected chi connectivity index (χ2v) is 5.87. The Morgan fingerprint density at radius 3 is 2.47 bits per heavy atom. The third-order valence-electron chi connectivity index (χ3n) is 2.56. The van der Waals surface area contributed by atoms with E-state index in [9.17, 15) is 4.39 Å². The van der Waals surface area contributed by atoms with Crippen LogP contribution in [-0.2, 0) is 0 Å². The van der Waals surface area contributed by atoms with Gasteiger partial charge in [-0.1, -0.05) is 37.0 Å². The van der Waals surface area contributed by atoms with Crippen LogP contribution in [0.15, 0.2) is 22.7 Å². The lowest BCUT2D eigenvalue weighted by Gasteiger charge is -2.11. The highest BCUT2D eigenvalue weighted by atomic mass is 79.9. The summed E-state index contributed by atoms with van der Waals surface area (Å²) in [5, 5.41) is 0.571. The molecule has 0 aliphatic heterocycles. The maximum atomic E-state index is 13.1. The molecule has 0 aliphatic rings. The van der Waals surface area contributed by atoms with Crippen molar-refractivity contribution < 1.29 is 4.39 Å². The van der Waals surface area contributed by atoms with E-state index >= 15 is 0 Å². The molecule has 0 radical (unpaired) electrons. The summed E-state index contributed by atoms with van der Waals surface area (Å²) in [6.45, 7) is 4.00. The molecule has 0 aliphatic carbocycles. The van der Waals surface area contributed by atoms with Crippen molar-refractivity contribution in [2.24, 2.45) is 0 Å². The molecule has 1 aromatic heterocycles. The molecule has 0 unspecified atom stereocenters. The molecule has 1 aromatic carbocycles. The van der Waals surface area contributed by atoms with Crippen molar-refractivity contribution in [3.05, 3.63) is 44.4 Å². The van der Waals surface area contributed by atoms with Crippen LogP contribution in [0.5, 0.6) is 0 Å². The molecular formula is C13H10BrCl2FN2. The zero-order valence-electron chi connectivity index (χ0n) is 10.2. The second kappa shape index (κ2) is 5.73. The summed E-state index contributed by atoms with van der Waals surface area (Å²) in [6.07, 6.45) is 0. The topological polar surface area (TPSA) is 25.8 Å². The van der Waals surface area contributed by atoms with Crippen molar-refractivity contribution >= 4 is 39.1 Å². The van der Waals surface area contributed by atoms with Crippen molar-refractivity contribution in [3.63, 3.8) is 0 Å². The highest BCUT2D eigenvalue weighted by Gasteiger charge is 2.16. The van der Waals surface area contributed by atoms with Gasteiger partial charge in [-0.3, -0.25) is 0 Å². The van der Waals surface area contributed by atoms with Crippen LogP contribution in [0, 0.1) is 5.82 Å². The summed E-state index contributed by atoms with van der Waals surface area (Å²) in [6, 6.07) is 4.09. The first kappa shape index (κ1) is 14.7. The van der Waals surface area contributed by atoms with Crippen LogP contribution in [0.4, 0.5) is 4.39 Å². The maximum absolute atomic E-state index is 13.1. The Kier molecular flexibility index (Phi) is 4.43. The Morgan fingerprint density at radius 2 is 1.89 bits per heavy atom. The summed E-state index contributed by atoms with van der Waals surface area (Å²) in [7, 11) is 0. The lowest BCUT2D eigenvalue weighted by Crippen LogP contribution is -2.01. The highest BCUT2D eigenvalue weighted by molar-refractivity contribution is 9.10. The third-order valence-corrected chi connectivity index (χ3v) is 4.15. The predicted octanol–water partition coefficient (Wildman–Crippen LogP) is 5.48. The number of benzene rings is 1. The first-order chi connectivity index (χ1) is 8.90. The third kappa shape index (κ3) is 3.07. The smallest absolute Gasteiger partial charge is 0.162 e. The quantitative estimate of drug-likeness (QED) is 0.660. The van der Waals surface area contributed by atoms with Crippen LogP contribution >= 0.6 is 39.1 Å². The fraction of sp³-hybridized carbons (Fsp3) is 0.231. The summed E-state index contributed by atoms with van der Waals surface area (Å²) < 4.78 is 13.7. The van der Waals surface area contributed by atoms with Gasteiger partial charge in [0.1, 0.15) is 11.0 Å². The Morgan fingerprint density at radius 1 is 1.21 bits per heavy atom. The number of halogens is 4. The number of aromatic nitrogens is 2. The molecule has 2 aromatic rings. The number of nitrogens with zero attached hydrogens (tertiary/aromatic N) is 2. The molecule has 19 heavy (non-hydrogen) atoms. The monoisotopic (exact) mass is 362 g/mol. The number of hydrogen-bond acceptors (Lipinski definition) is 2. The van der Waals surface area contributed by atoms with E-state index in [2.05, 4.69) is 25.9 Å². The highest BCUT2D eigenvalue weighted by Crippen LogP contribution is 2.33. The molecular weight excluding hydrogens is 354 g/mol. The fourth-order valence-electron chi connectivity index (χ4n) is 1.61. The molecule has 2 nitrogen and oxygen atoms in total. The van der Waals surface area contributed by atoms with Crippen molar-refractivity contribution in [2.75, 3.05) is 0 Å². The predicted molar refractivity (Wildman–Crippen MR) is 79.2 cm³/mol. The molecule has 0 amide bonds. The van der Waals surface area contributed by atoms with E-state index in [1.165, 1.54) is 12.1 Å². The van der Waals surface area contributed by atoms with Gasteiger partial charge in [-0.25, -0.2) is 14.4 Å². The van der Waals surface area contributed by atoms with Gasteiger partial charge in [0.05, 0.1) is 15.2 Å². The molecule has 100 valence electrons. The standard InChI is InChI=1S/C13H10BrCl2FN2/c1-6(2)11-10(14)12(16)19-13(18-11)8-4-3-7(17)5-9(8)15/h3-6H,1-2H3. The lowest BCUT2D eigenvalue weighted by molar-refractivity contribution is 0.628. The Hall–Kier alpha value is -0.710. The van der Waals surface area contributed by atoms with Gasteiger partial charge in [-0.2, -0.15) is 0 Å². The first-order valence-corrected chi connectivity index (χ1v) is 7.13. The minimum absolute atomic E-state index is 0.174. The molecule has 0 saturated carbocycles. The van der Waals surface area contributed by atoms with E-state index in [-0.39, 0.29) is 10.9 Å². The molecule has 0 fully saturated rings. The van der Waals surface area contributed by atoms with E-state index in [1.807, 2.05) is 13.8 Å². The van der Waals surface area contributed by atoms with Crippen LogP contribution in [0.25, 0.3) is 11.4 Å². The van der Waals surface area contributed by atoms with Crippen LogP contribution in [-0.4, -0.2) is 9.97 Å². The lowest BCUT2D eigenvalue weighted by atomic mass is 10.1. The SMILES string of the molecule is CC(C)c1nc(-c2ccc(F)cc2Cl)nc(Cl)c1Br. The molecule has 0 saturated heterocycles. The Balaban J connectivity index is 2.63. The van der Waals surface area contributed by atoms with E-state index in [1.54, 1.807) is 6.07 Å². The normalized spacial score (nSPS) is 11.1. The Bertz CT molecular complexity index is 632. The van der Waals surface area contributed by atoms with Crippen LogP contribution in [0.3, 0.4) is 0 Å². The van der Waals surface area contributed by atoms with Crippen molar-refractivity contribution in [1.82, 2.24) is 9.97 Å². The van der Waals surface area contributed by atoms with Gasteiger partial charge in [-0.15, -0.1) is 0 Å². The van der Waals surface area contributed by atoms with Crippen LogP contribution < -0.4 is 0 Å². The van der Waals surface area contributed by atoms with Gasteiger partial charge in [0.2, 0.25) is 0 Å². The molecule has 0 atom stereocenters. The van der Waals surface area contributed by atoms with Gasteiger partial charge >= 0.3 is 0 Å². The summed E-state index contributed by atoms with van der Waals surface area (Å²) in [5.74, 6) is 0.163. The number of hydrogen-bond donors (Lipinski definition) is 0. The largest absolute Gasteiger partial charge is 0.231 e. The molecule has 0 N–H and O–H groups in total. The summed E-state index contributed by atoms with van der Waals surface area (Å²) in [5.41, 5.74) is 1.34. The second-order valence-electron chi connectivity index (χ2n) is 4.32. The van der Waals surface area contributed by atoms with Gasteiger partial charge in [0, 0.05) is 5.56 Å². The minimum atomic E-state index is -0.402.